The Hall–Kier alpha value is -2.30. The molecule has 0 fully saturated rings. The number of benzene rings is 1. The molecule has 8 heteroatoms. The molecule has 110 valence electrons. The fourth-order valence-electron chi connectivity index (χ4n) is 2.27. The van der Waals surface area contributed by atoms with Crippen molar-refractivity contribution in [1.29, 1.82) is 5.26 Å². The molecule has 3 rings (SSSR count). The number of nitriles is 1. The van der Waals surface area contributed by atoms with E-state index in [0.717, 1.165) is 0 Å². The van der Waals surface area contributed by atoms with Crippen LogP contribution in [0.2, 0.25) is 5.02 Å². The van der Waals surface area contributed by atoms with Crippen molar-refractivity contribution in [2.75, 3.05) is 6.26 Å². The monoisotopic (exact) mass is 331 g/mol. The average Bonchev–Trinajstić information content (AvgIpc) is 2.78. The number of nitrogens with zero attached hydrogens (tertiary/aromatic N) is 5. The highest BCUT2D eigenvalue weighted by molar-refractivity contribution is 7.98. The summed E-state index contributed by atoms with van der Waals surface area (Å²) in [5, 5.41) is 10.6. The van der Waals surface area contributed by atoms with Gasteiger partial charge in [-0.15, -0.1) is 0 Å². The number of thioether (sulfide) groups is 1. The lowest BCUT2D eigenvalue weighted by atomic mass is 10.2. The highest BCUT2D eigenvalue weighted by Gasteiger charge is 2.19. The predicted octanol–water partition coefficient (Wildman–Crippen LogP) is 2.37. The third-order valence-corrected chi connectivity index (χ3v) is 4.14. The van der Waals surface area contributed by atoms with Crippen LogP contribution in [-0.4, -0.2) is 25.6 Å². The highest BCUT2D eigenvalue weighted by Crippen LogP contribution is 2.24. The number of para-hydroxylation sites is 1. The van der Waals surface area contributed by atoms with Crippen LogP contribution < -0.4 is 5.56 Å². The molecule has 0 radical (unpaired) electrons. The largest absolute Gasteiger partial charge is 0.282 e. The van der Waals surface area contributed by atoms with E-state index in [0.29, 0.717) is 32.5 Å². The Morgan fingerprint density at radius 2 is 2.18 bits per heavy atom. The Kier molecular flexibility index (Phi) is 3.64. The standard InChI is InChI=1S/C14H10ClN5OS/c1-19-12-9(7-17-14(18-12)22-2)13(21)20(19)11-8(6-16)4-3-5-10(11)15/h3-5,7H,1-2H3. The molecule has 0 unspecified atom stereocenters. The molecule has 2 aromatic heterocycles. The van der Waals surface area contributed by atoms with E-state index < -0.39 is 0 Å². The maximum absolute atomic E-state index is 12.7. The van der Waals surface area contributed by atoms with Crippen LogP contribution in [0.25, 0.3) is 16.7 Å². The first kappa shape index (κ1) is 14.6. The van der Waals surface area contributed by atoms with Gasteiger partial charge in [-0.25, -0.2) is 14.6 Å². The lowest BCUT2D eigenvalue weighted by Crippen LogP contribution is -2.20. The van der Waals surface area contributed by atoms with Crippen molar-refractivity contribution in [3.05, 3.63) is 45.3 Å². The molecule has 3 aromatic rings. The zero-order valence-corrected chi connectivity index (χ0v) is 13.3. The van der Waals surface area contributed by atoms with Crippen molar-refractivity contribution in [1.82, 2.24) is 19.3 Å². The van der Waals surface area contributed by atoms with Crippen LogP contribution in [0.3, 0.4) is 0 Å². The molecule has 0 saturated heterocycles. The van der Waals surface area contributed by atoms with Crippen molar-refractivity contribution < 1.29 is 0 Å². The van der Waals surface area contributed by atoms with Gasteiger partial charge in [-0.2, -0.15) is 5.26 Å². The smallest absolute Gasteiger partial charge is 0.267 e. The third kappa shape index (κ3) is 2.08. The minimum absolute atomic E-state index is 0.310. The van der Waals surface area contributed by atoms with E-state index in [2.05, 4.69) is 16.0 Å². The molecule has 1 aromatic carbocycles. The average molecular weight is 332 g/mol. The molecule has 22 heavy (non-hydrogen) atoms. The molecule has 0 spiro atoms. The number of aryl methyl sites for hydroxylation is 1. The van der Waals surface area contributed by atoms with Crippen molar-refractivity contribution in [3.8, 4) is 11.8 Å². The van der Waals surface area contributed by atoms with Gasteiger partial charge in [-0.05, 0) is 18.4 Å². The van der Waals surface area contributed by atoms with Gasteiger partial charge in [0.15, 0.2) is 10.8 Å². The molecule has 0 N–H and O–H groups in total. The van der Waals surface area contributed by atoms with E-state index in [1.165, 1.54) is 22.6 Å². The Bertz CT molecular complexity index is 985. The minimum Gasteiger partial charge on any atom is -0.267 e. The van der Waals surface area contributed by atoms with Gasteiger partial charge in [0.1, 0.15) is 17.1 Å². The van der Waals surface area contributed by atoms with E-state index in [1.54, 1.807) is 29.9 Å². The molecule has 0 amide bonds. The summed E-state index contributed by atoms with van der Waals surface area (Å²) in [7, 11) is 1.70. The molecule has 0 aliphatic heterocycles. The van der Waals surface area contributed by atoms with Crippen LogP contribution in [0, 0.1) is 11.3 Å². The zero-order chi connectivity index (χ0) is 15.9. The molecule has 0 atom stereocenters. The van der Waals surface area contributed by atoms with Crippen molar-refractivity contribution in [2.24, 2.45) is 7.05 Å². The number of halogens is 1. The lowest BCUT2D eigenvalue weighted by molar-refractivity contribution is 0.657. The van der Waals surface area contributed by atoms with Crippen LogP contribution in [0.15, 0.2) is 34.3 Å². The number of aromatic nitrogens is 4. The first-order valence-electron chi connectivity index (χ1n) is 6.26. The van der Waals surface area contributed by atoms with Gasteiger partial charge in [-0.3, -0.25) is 9.48 Å². The van der Waals surface area contributed by atoms with Crippen molar-refractivity contribution in [3.63, 3.8) is 0 Å². The van der Waals surface area contributed by atoms with Gasteiger partial charge >= 0.3 is 0 Å². The normalized spacial score (nSPS) is 10.8. The second kappa shape index (κ2) is 5.48. The van der Waals surface area contributed by atoms with Crippen LogP contribution in [0.4, 0.5) is 0 Å². The number of hydrogen-bond donors (Lipinski definition) is 0. The van der Waals surface area contributed by atoms with Crippen molar-refractivity contribution >= 4 is 34.4 Å². The summed E-state index contributed by atoms with van der Waals surface area (Å²) >= 11 is 7.60. The van der Waals surface area contributed by atoms with Gasteiger partial charge < -0.3 is 0 Å². The Morgan fingerprint density at radius 1 is 1.41 bits per heavy atom. The van der Waals surface area contributed by atoms with E-state index in [4.69, 9.17) is 11.6 Å². The molecule has 0 aliphatic carbocycles. The second-order valence-electron chi connectivity index (χ2n) is 4.48. The topological polar surface area (TPSA) is 76.5 Å². The molecular weight excluding hydrogens is 322 g/mol. The Balaban J connectivity index is 2.44. The SMILES string of the molecule is CSc1ncc2c(=O)n(-c3c(Cl)cccc3C#N)n(C)c2n1. The summed E-state index contributed by atoms with van der Waals surface area (Å²) < 4.78 is 2.94. The van der Waals surface area contributed by atoms with Crippen molar-refractivity contribution in [2.45, 2.75) is 5.16 Å². The summed E-state index contributed by atoms with van der Waals surface area (Å²) in [6.07, 6.45) is 3.36. The van der Waals surface area contributed by atoms with Crippen LogP contribution in [0.5, 0.6) is 0 Å². The maximum atomic E-state index is 12.7. The summed E-state index contributed by atoms with van der Waals surface area (Å²) in [5.74, 6) is 0. The van der Waals surface area contributed by atoms with E-state index in [9.17, 15) is 10.1 Å². The maximum Gasteiger partial charge on any atom is 0.282 e. The Morgan fingerprint density at radius 3 is 2.86 bits per heavy atom. The number of rotatable bonds is 2. The fourth-order valence-corrected chi connectivity index (χ4v) is 2.86. The quantitative estimate of drug-likeness (QED) is 0.532. The van der Waals surface area contributed by atoms with Crippen LogP contribution >= 0.6 is 23.4 Å². The summed E-state index contributed by atoms with van der Waals surface area (Å²) in [4.78, 5) is 21.1. The van der Waals surface area contributed by atoms with E-state index in [1.807, 2.05) is 6.26 Å². The summed E-state index contributed by atoms with van der Waals surface area (Å²) in [6.45, 7) is 0. The second-order valence-corrected chi connectivity index (χ2v) is 5.66. The van der Waals surface area contributed by atoms with Gasteiger partial charge in [0.25, 0.3) is 5.56 Å². The molecule has 0 bridgehead atoms. The van der Waals surface area contributed by atoms with Crippen LogP contribution in [-0.2, 0) is 7.05 Å². The summed E-state index contributed by atoms with van der Waals surface area (Å²) in [6, 6.07) is 6.98. The van der Waals surface area contributed by atoms with Gasteiger partial charge in [0, 0.05) is 13.2 Å². The molecule has 6 nitrogen and oxygen atoms in total. The highest BCUT2D eigenvalue weighted by atomic mass is 35.5. The number of hydrogen-bond acceptors (Lipinski definition) is 5. The first-order valence-corrected chi connectivity index (χ1v) is 7.86. The first-order chi connectivity index (χ1) is 10.6. The van der Waals surface area contributed by atoms with Gasteiger partial charge in [0.2, 0.25) is 0 Å². The van der Waals surface area contributed by atoms with E-state index in [-0.39, 0.29) is 5.56 Å². The fraction of sp³-hybridized carbons (Fsp3) is 0.143. The third-order valence-electron chi connectivity index (χ3n) is 3.28. The molecule has 0 aliphatic rings. The lowest BCUT2D eigenvalue weighted by Gasteiger charge is -2.10. The van der Waals surface area contributed by atoms with Gasteiger partial charge in [-0.1, -0.05) is 29.4 Å². The molecule has 0 saturated carbocycles. The zero-order valence-electron chi connectivity index (χ0n) is 11.7. The van der Waals surface area contributed by atoms with Crippen LogP contribution in [0.1, 0.15) is 5.56 Å². The molecular formula is C14H10ClN5OS. The Labute approximate surface area is 135 Å². The summed E-state index contributed by atoms with van der Waals surface area (Å²) in [5.41, 5.74) is 0.851. The predicted molar refractivity (Wildman–Crippen MR) is 85.6 cm³/mol. The molecule has 2 heterocycles. The number of fused-ring (bicyclic) bond motifs is 1. The van der Waals surface area contributed by atoms with Gasteiger partial charge in [0.05, 0.1) is 10.6 Å². The minimum atomic E-state index is -0.310. The van der Waals surface area contributed by atoms with E-state index >= 15 is 0 Å².